The molecule has 0 unspecified atom stereocenters. The summed E-state index contributed by atoms with van der Waals surface area (Å²) in [5, 5.41) is 17.7. The van der Waals surface area contributed by atoms with Gasteiger partial charge in [-0.15, -0.1) is 0 Å². The second-order valence-corrected chi connectivity index (χ2v) is 5.27. The largest absolute Gasteiger partial charge is 0.505 e. The SMILES string of the molecule is CS(=O)(=O)c1cc(C(=O)O)cc(Cl)c1O. The smallest absolute Gasteiger partial charge is 0.335 e. The molecule has 0 bridgehead atoms. The molecule has 82 valence electrons. The lowest BCUT2D eigenvalue weighted by atomic mass is 10.2. The fourth-order valence-electron chi connectivity index (χ4n) is 0.980. The molecule has 7 heteroatoms. The zero-order valence-corrected chi connectivity index (χ0v) is 9.13. The molecule has 0 saturated heterocycles. The Morgan fingerprint density at radius 3 is 2.33 bits per heavy atom. The number of hydrogen-bond acceptors (Lipinski definition) is 4. The zero-order chi connectivity index (χ0) is 11.8. The Kier molecular flexibility index (Phi) is 2.92. The molecule has 1 rings (SSSR count). The van der Waals surface area contributed by atoms with Gasteiger partial charge < -0.3 is 10.2 Å². The van der Waals surface area contributed by atoms with Gasteiger partial charge in [-0.3, -0.25) is 0 Å². The molecule has 1 aromatic rings. The maximum Gasteiger partial charge on any atom is 0.335 e. The normalized spacial score (nSPS) is 11.3. The Morgan fingerprint density at radius 1 is 1.40 bits per heavy atom. The van der Waals surface area contributed by atoms with Crippen LogP contribution in [0.3, 0.4) is 0 Å². The van der Waals surface area contributed by atoms with Gasteiger partial charge in [-0.05, 0) is 12.1 Å². The van der Waals surface area contributed by atoms with E-state index in [0.717, 1.165) is 18.4 Å². The number of carboxylic acid groups (broad SMARTS) is 1. The first-order chi connectivity index (χ1) is 6.73. The van der Waals surface area contributed by atoms with Crippen LogP contribution in [0.5, 0.6) is 5.75 Å². The number of hydrogen-bond donors (Lipinski definition) is 2. The number of phenolic OH excluding ortho intramolecular Hbond substituents is 1. The predicted octanol–water partition coefficient (Wildman–Crippen LogP) is 1.15. The third-order valence-corrected chi connectivity index (χ3v) is 3.07. The Balaban J connectivity index is 3.59. The third-order valence-electron chi connectivity index (χ3n) is 1.67. The third kappa shape index (κ3) is 2.40. The van der Waals surface area contributed by atoms with Crippen molar-refractivity contribution in [3.05, 3.63) is 22.7 Å². The minimum Gasteiger partial charge on any atom is -0.505 e. The molecule has 0 spiro atoms. The van der Waals surface area contributed by atoms with Gasteiger partial charge in [-0.25, -0.2) is 13.2 Å². The number of carbonyl (C=O) groups is 1. The van der Waals surface area contributed by atoms with E-state index in [4.69, 9.17) is 16.7 Å². The van der Waals surface area contributed by atoms with E-state index in [9.17, 15) is 18.3 Å². The lowest BCUT2D eigenvalue weighted by molar-refractivity contribution is 0.0696. The highest BCUT2D eigenvalue weighted by Gasteiger charge is 2.19. The van der Waals surface area contributed by atoms with Crippen molar-refractivity contribution in [3.63, 3.8) is 0 Å². The summed E-state index contributed by atoms with van der Waals surface area (Å²) >= 11 is 5.49. The van der Waals surface area contributed by atoms with Crippen LogP contribution in [0.15, 0.2) is 17.0 Å². The van der Waals surface area contributed by atoms with Crippen LogP contribution in [-0.2, 0) is 9.84 Å². The highest BCUT2D eigenvalue weighted by atomic mass is 35.5. The van der Waals surface area contributed by atoms with Crippen molar-refractivity contribution in [1.82, 2.24) is 0 Å². The highest BCUT2D eigenvalue weighted by Crippen LogP contribution is 2.32. The molecule has 5 nitrogen and oxygen atoms in total. The fraction of sp³-hybridized carbons (Fsp3) is 0.125. The first-order valence-corrected chi connectivity index (χ1v) is 5.96. The topological polar surface area (TPSA) is 91.7 Å². The van der Waals surface area contributed by atoms with Crippen LogP contribution in [0.25, 0.3) is 0 Å². The maximum atomic E-state index is 11.2. The average Bonchev–Trinajstić information content (AvgIpc) is 2.06. The van der Waals surface area contributed by atoms with Crippen molar-refractivity contribution in [2.24, 2.45) is 0 Å². The standard InChI is InChI=1S/C8H7ClO5S/c1-15(13,14)6-3-4(8(11)12)2-5(9)7(6)10/h2-3,10H,1H3,(H,11,12). The summed E-state index contributed by atoms with van der Waals surface area (Å²) in [5.74, 6) is -1.95. The number of carboxylic acids is 1. The van der Waals surface area contributed by atoms with Crippen LogP contribution in [-0.4, -0.2) is 30.9 Å². The number of aromatic carboxylic acids is 1. The molecule has 2 N–H and O–H groups in total. The van der Waals surface area contributed by atoms with Crippen LogP contribution in [0, 0.1) is 0 Å². The quantitative estimate of drug-likeness (QED) is 0.821. The van der Waals surface area contributed by atoms with Gasteiger partial charge in [0.25, 0.3) is 0 Å². The van der Waals surface area contributed by atoms with E-state index >= 15 is 0 Å². The van der Waals surface area contributed by atoms with Gasteiger partial charge in [0.2, 0.25) is 0 Å². The van der Waals surface area contributed by atoms with Gasteiger partial charge in [0.05, 0.1) is 10.6 Å². The number of phenols is 1. The van der Waals surface area contributed by atoms with Gasteiger partial charge in [-0.1, -0.05) is 11.6 Å². The number of rotatable bonds is 2. The monoisotopic (exact) mass is 250 g/mol. The summed E-state index contributed by atoms with van der Waals surface area (Å²) in [6, 6.07) is 1.84. The Hall–Kier alpha value is -1.27. The van der Waals surface area contributed by atoms with Crippen molar-refractivity contribution in [1.29, 1.82) is 0 Å². The van der Waals surface area contributed by atoms with Gasteiger partial charge in [0.1, 0.15) is 4.90 Å². The second-order valence-electron chi connectivity index (χ2n) is 2.88. The number of halogens is 1. The summed E-state index contributed by atoms with van der Waals surface area (Å²) in [6.45, 7) is 0. The zero-order valence-electron chi connectivity index (χ0n) is 7.56. The van der Waals surface area contributed by atoms with Crippen LogP contribution in [0.4, 0.5) is 0 Å². The minimum absolute atomic E-state index is 0.293. The molecule has 0 heterocycles. The van der Waals surface area contributed by atoms with Gasteiger partial charge in [0, 0.05) is 6.26 Å². The fourth-order valence-corrected chi connectivity index (χ4v) is 2.06. The molecule has 0 aliphatic heterocycles. The van der Waals surface area contributed by atoms with Gasteiger partial charge in [0.15, 0.2) is 15.6 Å². The molecular weight excluding hydrogens is 244 g/mol. The Bertz CT molecular complexity index is 520. The van der Waals surface area contributed by atoms with Crippen LogP contribution in [0.1, 0.15) is 10.4 Å². The summed E-state index contributed by atoms with van der Waals surface area (Å²) in [7, 11) is -3.71. The molecule has 0 saturated carbocycles. The summed E-state index contributed by atoms with van der Waals surface area (Å²) in [6.07, 6.45) is 0.851. The summed E-state index contributed by atoms with van der Waals surface area (Å²) < 4.78 is 22.3. The van der Waals surface area contributed by atoms with Crippen molar-refractivity contribution < 1.29 is 23.4 Å². The van der Waals surface area contributed by atoms with E-state index in [1.54, 1.807) is 0 Å². The minimum atomic E-state index is -3.71. The molecule has 0 atom stereocenters. The van der Waals surface area contributed by atoms with Gasteiger partial charge >= 0.3 is 5.97 Å². The first-order valence-electron chi connectivity index (χ1n) is 3.69. The number of benzene rings is 1. The van der Waals surface area contributed by atoms with E-state index in [2.05, 4.69) is 0 Å². The van der Waals surface area contributed by atoms with E-state index in [1.165, 1.54) is 0 Å². The number of aromatic hydroxyl groups is 1. The maximum absolute atomic E-state index is 11.2. The lowest BCUT2D eigenvalue weighted by Crippen LogP contribution is -2.03. The average molecular weight is 251 g/mol. The predicted molar refractivity (Wildman–Crippen MR) is 53.2 cm³/mol. The van der Waals surface area contributed by atoms with Crippen molar-refractivity contribution in [2.75, 3.05) is 6.26 Å². The molecule has 1 aromatic carbocycles. The van der Waals surface area contributed by atoms with Gasteiger partial charge in [-0.2, -0.15) is 0 Å². The molecule has 0 amide bonds. The highest BCUT2D eigenvalue weighted by molar-refractivity contribution is 7.90. The van der Waals surface area contributed by atoms with E-state index < -0.39 is 26.5 Å². The molecule has 0 aliphatic carbocycles. The Labute approximate surface area is 90.8 Å². The summed E-state index contributed by atoms with van der Waals surface area (Å²) in [4.78, 5) is 10.1. The molecule has 0 radical (unpaired) electrons. The van der Waals surface area contributed by atoms with Crippen molar-refractivity contribution in [3.8, 4) is 5.75 Å². The second kappa shape index (κ2) is 3.71. The lowest BCUT2D eigenvalue weighted by Gasteiger charge is -2.05. The van der Waals surface area contributed by atoms with E-state index in [0.29, 0.717) is 0 Å². The summed E-state index contributed by atoms with van der Waals surface area (Å²) in [5.41, 5.74) is -0.293. The Morgan fingerprint density at radius 2 is 1.93 bits per heavy atom. The van der Waals surface area contributed by atoms with Crippen LogP contribution >= 0.6 is 11.6 Å². The number of sulfone groups is 1. The first kappa shape index (κ1) is 11.8. The van der Waals surface area contributed by atoms with Crippen molar-refractivity contribution in [2.45, 2.75) is 4.90 Å². The van der Waals surface area contributed by atoms with Crippen LogP contribution < -0.4 is 0 Å². The van der Waals surface area contributed by atoms with Crippen molar-refractivity contribution >= 4 is 27.4 Å². The molecule has 0 aromatic heterocycles. The molecular formula is C8H7ClO5S. The molecule has 0 fully saturated rings. The van der Waals surface area contributed by atoms with E-state index in [1.807, 2.05) is 0 Å². The molecule has 15 heavy (non-hydrogen) atoms. The molecule has 0 aliphatic rings. The van der Waals surface area contributed by atoms with E-state index in [-0.39, 0.29) is 10.6 Å². The van der Waals surface area contributed by atoms with Crippen LogP contribution in [0.2, 0.25) is 5.02 Å².